The van der Waals surface area contributed by atoms with Crippen LogP contribution in [0.15, 0.2) is 24.3 Å². The van der Waals surface area contributed by atoms with E-state index in [1.165, 1.54) is 6.07 Å². The number of hydrogen-bond donors (Lipinski definition) is 0. The van der Waals surface area contributed by atoms with Gasteiger partial charge in [-0.1, -0.05) is 34.8 Å². The van der Waals surface area contributed by atoms with E-state index < -0.39 is 28.9 Å². The summed E-state index contributed by atoms with van der Waals surface area (Å²) >= 11 is 18.1. The van der Waals surface area contributed by atoms with E-state index in [-0.39, 0.29) is 49.1 Å². The van der Waals surface area contributed by atoms with Crippen molar-refractivity contribution in [3.05, 3.63) is 73.9 Å². The lowest BCUT2D eigenvalue weighted by atomic mass is 10.1. The van der Waals surface area contributed by atoms with Gasteiger partial charge in [0.1, 0.15) is 39.8 Å². The average Bonchev–Trinajstić information content (AvgIpc) is 2.88. The fraction of sp³-hybridized carbons (Fsp3) is 0.367. The van der Waals surface area contributed by atoms with Crippen LogP contribution in [-0.2, 0) is 4.74 Å². The van der Waals surface area contributed by atoms with Crippen molar-refractivity contribution in [2.45, 2.75) is 53.2 Å². The molecule has 0 unspecified atom stereocenters. The summed E-state index contributed by atoms with van der Waals surface area (Å²) in [4.78, 5) is 24.3. The van der Waals surface area contributed by atoms with Crippen molar-refractivity contribution in [2.75, 3.05) is 24.5 Å². The first kappa shape index (κ1) is 32.8. The van der Waals surface area contributed by atoms with E-state index in [1.54, 1.807) is 18.7 Å². The van der Waals surface area contributed by atoms with E-state index in [4.69, 9.17) is 39.5 Å². The number of rotatable bonds is 1. The molecule has 1 fully saturated rings. The number of benzene rings is 2. The number of fused-ring (bicyclic) bond motifs is 2. The molecule has 6 nitrogen and oxygen atoms in total. The molecule has 1 aliphatic rings. The van der Waals surface area contributed by atoms with E-state index in [2.05, 4.69) is 9.97 Å². The van der Waals surface area contributed by atoms with Gasteiger partial charge in [0.2, 0.25) is 0 Å². The topological polar surface area (TPSA) is 58.6 Å². The van der Waals surface area contributed by atoms with Gasteiger partial charge in [-0.05, 0) is 41.5 Å². The molecule has 43 heavy (non-hydrogen) atoms. The molecule has 0 saturated carbocycles. The van der Waals surface area contributed by atoms with Gasteiger partial charge in [-0.15, -0.1) is 0 Å². The van der Waals surface area contributed by atoms with Crippen LogP contribution in [0.25, 0.3) is 21.8 Å². The molecule has 0 bridgehead atoms. The monoisotopic (exact) mass is 658 g/mol. The lowest BCUT2D eigenvalue weighted by Gasteiger charge is -2.41. The first-order valence-electron chi connectivity index (χ1n) is 13.3. The molecule has 1 saturated heterocycles. The lowest BCUT2D eigenvalue weighted by molar-refractivity contribution is 0.0218. The van der Waals surface area contributed by atoms with Crippen LogP contribution in [-0.4, -0.2) is 52.2 Å². The standard InChI is InChI=1S/C20H24ClF2N3O2.C10H5Cl2F2N/c1-11-10-25(19(27)28-20(3,4)5)6-7-26(11)18-12(2)17(21)16-14(23)8-13(22)9-15(16)24-18;1-4-9(11)8-6(14)2-5(13)3-7(8)15-10(4)12/h8-9,11H,6-7,10H2,1-5H3;2-3H,1H3/t11-;/m0./s1. The summed E-state index contributed by atoms with van der Waals surface area (Å²) in [6, 6.07) is 3.77. The number of halogens is 7. The third-order valence-electron chi connectivity index (χ3n) is 6.81. The quantitative estimate of drug-likeness (QED) is 0.151. The van der Waals surface area contributed by atoms with Crippen LogP contribution in [0.3, 0.4) is 0 Å². The second kappa shape index (κ2) is 12.5. The highest BCUT2D eigenvalue weighted by atomic mass is 35.5. The number of piperazine rings is 1. The molecule has 5 rings (SSSR count). The molecule has 0 spiro atoms. The number of carbonyl (C=O) groups excluding carboxylic acids is 1. The van der Waals surface area contributed by atoms with Gasteiger partial charge in [0.15, 0.2) is 0 Å². The van der Waals surface area contributed by atoms with Gasteiger partial charge in [0.05, 0.1) is 31.9 Å². The summed E-state index contributed by atoms with van der Waals surface area (Å²) in [5.41, 5.74) is 0.835. The van der Waals surface area contributed by atoms with Gasteiger partial charge in [0.25, 0.3) is 0 Å². The number of aromatic nitrogens is 2. The van der Waals surface area contributed by atoms with Crippen LogP contribution in [0.5, 0.6) is 0 Å². The van der Waals surface area contributed by atoms with Crippen LogP contribution in [0.1, 0.15) is 38.8 Å². The molecule has 2 aromatic heterocycles. The number of nitrogens with zero attached hydrogens (tertiary/aromatic N) is 4. The molecule has 1 aliphatic heterocycles. The number of hydrogen-bond acceptors (Lipinski definition) is 5. The second-order valence-corrected chi connectivity index (χ2v) is 12.4. The lowest BCUT2D eigenvalue weighted by Crippen LogP contribution is -2.55. The maximum Gasteiger partial charge on any atom is 0.410 e. The summed E-state index contributed by atoms with van der Waals surface area (Å²) in [5, 5.41) is 0.753. The van der Waals surface area contributed by atoms with Crippen molar-refractivity contribution in [3.63, 3.8) is 0 Å². The van der Waals surface area contributed by atoms with Crippen LogP contribution in [0, 0.1) is 37.1 Å². The molecule has 0 aliphatic carbocycles. The maximum absolute atomic E-state index is 14.2. The third-order valence-corrected chi connectivity index (χ3v) is 8.12. The molecule has 13 heteroatoms. The Kier molecular flexibility index (Phi) is 9.54. The van der Waals surface area contributed by atoms with E-state index in [1.807, 2.05) is 32.6 Å². The zero-order chi connectivity index (χ0) is 32.0. The van der Waals surface area contributed by atoms with Crippen molar-refractivity contribution in [1.82, 2.24) is 14.9 Å². The molecule has 2 aromatic carbocycles. The minimum absolute atomic E-state index is 0.0700. The van der Waals surface area contributed by atoms with E-state index in [0.29, 0.717) is 36.6 Å². The molecule has 4 aromatic rings. The second-order valence-electron chi connectivity index (χ2n) is 11.2. The van der Waals surface area contributed by atoms with Gasteiger partial charge < -0.3 is 14.5 Å². The molecular weight excluding hydrogens is 631 g/mol. The molecule has 3 heterocycles. The van der Waals surface area contributed by atoms with Crippen molar-refractivity contribution >= 4 is 68.5 Å². The molecule has 1 atom stereocenters. The van der Waals surface area contributed by atoms with Gasteiger partial charge in [-0.25, -0.2) is 32.3 Å². The van der Waals surface area contributed by atoms with Crippen LogP contribution < -0.4 is 4.90 Å². The predicted molar refractivity (Wildman–Crippen MR) is 162 cm³/mol. The van der Waals surface area contributed by atoms with Crippen molar-refractivity contribution in [3.8, 4) is 0 Å². The summed E-state index contributed by atoms with van der Waals surface area (Å²) in [6.07, 6.45) is -0.357. The number of amides is 1. The van der Waals surface area contributed by atoms with Crippen LogP contribution in [0.4, 0.5) is 28.2 Å². The number of ether oxygens (including phenoxy) is 1. The predicted octanol–water partition coefficient (Wildman–Crippen LogP) is 9.05. The largest absolute Gasteiger partial charge is 0.444 e. The van der Waals surface area contributed by atoms with Crippen LogP contribution >= 0.6 is 34.8 Å². The highest BCUT2D eigenvalue weighted by Crippen LogP contribution is 2.36. The van der Waals surface area contributed by atoms with Crippen LogP contribution in [0.2, 0.25) is 15.2 Å². The van der Waals surface area contributed by atoms with Crippen molar-refractivity contribution < 1.29 is 27.1 Å². The minimum Gasteiger partial charge on any atom is -0.444 e. The summed E-state index contributed by atoms with van der Waals surface area (Å²) < 4.78 is 59.6. The zero-order valence-corrected chi connectivity index (χ0v) is 26.5. The summed E-state index contributed by atoms with van der Waals surface area (Å²) in [6.45, 7) is 12.2. The van der Waals surface area contributed by atoms with Gasteiger partial charge in [0, 0.05) is 61.1 Å². The molecule has 1 amide bonds. The Morgan fingerprint density at radius 3 is 1.88 bits per heavy atom. The highest BCUT2D eigenvalue weighted by Gasteiger charge is 2.32. The van der Waals surface area contributed by atoms with E-state index in [0.717, 1.165) is 18.2 Å². The highest BCUT2D eigenvalue weighted by molar-refractivity contribution is 6.39. The first-order valence-corrected chi connectivity index (χ1v) is 14.4. The van der Waals surface area contributed by atoms with Crippen molar-refractivity contribution in [2.24, 2.45) is 0 Å². The Labute approximate surface area is 261 Å². The summed E-state index contributed by atoms with van der Waals surface area (Å²) in [5.74, 6) is -2.30. The minimum atomic E-state index is -0.734. The fourth-order valence-electron chi connectivity index (χ4n) is 4.73. The molecule has 0 N–H and O–H groups in total. The van der Waals surface area contributed by atoms with Gasteiger partial charge in [-0.2, -0.15) is 0 Å². The van der Waals surface area contributed by atoms with Gasteiger partial charge >= 0.3 is 6.09 Å². The Hall–Kier alpha value is -3.08. The van der Waals surface area contributed by atoms with E-state index >= 15 is 0 Å². The SMILES string of the molecule is Cc1c(Cl)nc2cc(F)cc(F)c2c1Cl.Cc1c(N2CCN(C(=O)OC(C)(C)C)C[C@@H]2C)nc2cc(F)cc(F)c2c1Cl. The number of pyridine rings is 2. The number of carbonyl (C=O) groups is 1. The normalized spacial score (nSPS) is 15.5. The Bertz CT molecular complexity index is 1730. The van der Waals surface area contributed by atoms with Crippen molar-refractivity contribution in [1.29, 1.82) is 0 Å². The number of anilines is 1. The average molecular weight is 660 g/mol. The first-order chi connectivity index (χ1) is 20.0. The molecule has 0 radical (unpaired) electrons. The maximum atomic E-state index is 14.2. The Morgan fingerprint density at radius 2 is 1.37 bits per heavy atom. The van der Waals surface area contributed by atoms with Gasteiger partial charge in [-0.3, -0.25) is 0 Å². The molecule has 230 valence electrons. The molecular formula is C30H29Cl3F4N4O2. The Balaban J connectivity index is 0.000000237. The zero-order valence-electron chi connectivity index (χ0n) is 24.3. The fourth-order valence-corrected chi connectivity index (χ4v) is 5.51. The van der Waals surface area contributed by atoms with E-state index in [9.17, 15) is 22.4 Å². The summed E-state index contributed by atoms with van der Waals surface area (Å²) in [7, 11) is 0. The Morgan fingerprint density at radius 1 is 0.860 bits per heavy atom. The smallest absolute Gasteiger partial charge is 0.410 e. The third kappa shape index (κ3) is 7.02.